The first-order valence-electron chi connectivity index (χ1n) is 8.28. The second kappa shape index (κ2) is 7.97. The van der Waals surface area contributed by atoms with Gasteiger partial charge in [0.05, 0.1) is 6.61 Å². The summed E-state index contributed by atoms with van der Waals surface area (Å²) in [5.74, 6) is 0.596. The Balaban J connectivity index is 2.22. The fraction of sp³-hybridized carbons (Fsp3) is 0.444. The molecule has 0 saturated carbocycles. The van der Waals surface area contributed by atoms with Gasteiger partial charge >= 0.3 is 0 Å². The number of aryl methyl sites for hydroxylation is 1. The highest BCUT2D eigenvalue weighted by Gasteiger charge is 2.13. The quantitative estimate of drug-likeness (QED) is 0.628. The maximum absolute atomic E-state index is 12.1. The van der Waals surface area contributed by atoms with Crippen LogP contribution < -0.4 is 10.6 Å². The lowest BCUT2D eigenvalue weighted by Crippen LogP contribution is -2.35. The van der Waals surface area contributed by atoms with Crippen LogP contribution in [0, 0.1) is 6.92 Å². The minimum absolute atomic E-state index is 0.0899. The molecule has 6 heteroatoms. The van der Waals surface area contributed by atoms with Gasteiger partial charge in [0, 0.05) is 30.0 Å². The number of amides is 1. The molecular weight excluding hydrogens is 304 g/mol. The molecule has 0 spiro atoms. The third kappa shape index (κ3) is 4.35. The molecule has 0 aromatic carbocycles. The van der Waals surface area contributed by atoms with Gasteiger partial charge in [0.2, 0.25) is 0 Å². The molecular formula is C18H26N4O2. The highest BCUT2D eigenvalue weighted by atomic mass is 16.3. The Morgan fingerprint density at radius 1 is 1.33 bits per heavy atom. The molecule has 1 unspecified atom stereocenters. The van der Waals surface area contributed by atoms with E-state index in [4.69, 9.17) is 5.11 Å². The molecule has 2 heterocycles. The standard InChI is InChI=1S/C18H26N4O2/c1-5-12(3)21-17-7-15(11(2)8-20-17)14-6-16(19-9-14)18(24)22-13(4)10-23/h6-9,12-13,19,23H,5,10H2,1-4H3,(H,20,21)(H,22,24)/t12?,13-/m0/s1. The molecule has 0 fully saturated rings. The Morgan fingerprint density at radius 2 is 2.08 bits per heavy atom. The maximum Gasteiger partial charge on any atom is 0.267 e. The molecule has 4 N–H and O–H groups in total. The van der Waals surface area contributed by atoms with Gasteiger partial charge in [-0.15, -0.1) is 0 Å². The smallest absolute Gasteiger partial charge is 0.267 e. The van der Waals surface area contributed by atoms with Crippen molar-refractivity contribution in [3.63, 3.8) is 0 Å². The van der Waals surface area contributed by atoms with Crippen molar-refractivity contribution in [1.29, 1.82) is 0 Å². The molecule has 24 heavy (non-hydrogen) atoms. The summed E-state index contributed by atoms with van der Waals surface area (Å²) in [7, 11) is 0. The molecule has 2 aromatic heterocycles. The Morgan fingerprint density at radius 3 is 2.75 bits per heavy atom. The molecule has 0 aliphatic carbocycles. The van der Waals surface area contributed by atoms with E-state index < -0.39 is 0 Å². The summed E-state index contributed by atoms with van der Waals surface area (Å²) in [5, 5.41) is 15.1. The number of carbonyl (C=O) groups is 1. The van der Waals surface area contributed by atoms with Gasteiger partial charge in [0.1, 0.15) is 11.5 Å². The Hall–Kier alpha value is -2.34. The number of aromatic nitrogens is 2. The van der Waals surface area contributed by atoms with Gasteiger partial charge in [-0.1, -0.05) is 6.92 Å². The zero-order valence-electron chi connectivity index (χ0n) is 14.7. The van der Waals surface area contributed by atoms with Crippen molar-refractivity contribution < 1.29 is 9.90 Å². The van der Waals surface area contributed by atoms with E-state index in [2.05, 4.69) is 34.4 Å². The predicted octanol–water partition coefficient (Wildman–Crippen LogP) is 2.71. The lowest BCUT2D eigenvalue weighted by Gasteiger charge is -2.13. The summed E-state index contributed by atoms with van der Waals surface area (Å²) in [6.07, 6.45) is 4.66. The van der Waals surface area contributed by atoms with Crippen LogP contribution in [0.3, 0.4) is 0 Å². The van der Waals surface area contributed by atoms with Crippen molar-refractivity contribution in [3.05, 3.63) is 35.8 Å². The molecule has 0 aliphatic heterocycles. The van der Waals surface area contributed by atoms with Crippen LogP contribution in [-0.4, -0.2) is 39.7 Å². The predicted molar refractivity (Wildman–Crippen MR) is 96.2 cm³/mol. The fourth-order valence-electron chi connectivity index (χ4n) is 2.30. The van der Waals surface area contributed by atoms with Crippen LogP contribution in [-0.2, 0) is 0 Å². The van der Waals surface area contributed by atoms with E-state index in [1.807, 2.05) is 31.5 Å². The second-order valence-corrected chi connectivity index (χ2v) is 6.20. The number of nitrogens with one attached hydrogen (secondary N) is 3. The van der Waals surface area contributed by atoms with E-state index in [-0.39, 0.29) is 18.6 Å². The van der Waals surface area contributed by atoms with Crippen LogP contribution >= 0.6 is 0 Å². The van der Waals surface area contributed by atoms with Crippen LogP contribution in [0.15, 0.2) is 24.5 Å². The van der Waals surface area contributed by atoms with Crippen LogP contribution in [0.1, 0.15) is 43.2 Å². The number of carbonyl (C=O) groups excluding carboxylic acids is 1. The number of H-pyrrole nitrogens is 1. The first kappa shape index (κ1) is 18.0. The van der Waals surface area contributed by atoms with Crippen molar-refractivity contribution in [2.45, 2.75) is 46.2 Å². The van der Waals surface area contributed by atoms with Gasteiger partial charge in [-0.2, -0.15) is 0 Å². The highest BCUT2D eigenvalue weighted by molar-refractivity contribution is 5.94. The molecule has 2 atom stereocenters. The van der Waals surface area contributed by atoms with Gasteiger partial charge in [0.25, 0.3) is 5.91 Å². The molecule has 2 rings (SSSR count). The Bertz CT molecular complexity index is 696. The third-order valence-corrected chi connectivity index (χ3v) is 4.00. The third-order valence-electron chi connectivity index (χ3n) is 4.00. The highest BCUT2D eigenvalue weighted by Crippen LogP contribution is 2.26. The number of anilines is 1. The largest absolute Gasteiger partial charge is 0.394 e. The van der Waals surface area contributed by atoms with Gasteiger partial charge in [0.15, 0.2) is 0 Å². The van der Waals surface area contributed by atoms with E-state index in [0.717, 1.165) is 28.9 Å². The normalized spacial score (nSPS) is 13.4. The first-order valence-corrected chi connectivity index (χ1v) is 8.28. The molecule has 0 radical (unpaired) electrons. The average Bonchev–Trinajstić information content (AvgIpc) is 3.06. The number of aliphatic hydroxyl groups excluding tert-OH is 1. The van der Waals surface area contributed by atoms with Crippen LogP contribution in [0.4, 0.5) is 5.82 Å². The summed E-state index contributed by atoms with van der Waals surface area (Å²) in [5.41, 5.74) is 3.47. The molecule has 1 amide bonds. The Labute approximate surface area is 142 Å². The summed E-state index contributed by atoms with van der Waals surface area (Å²) in [6, 6.07) is 3.89. The number of nitrogens with zero attached hydrogens (tertiary/aromatic N) is 1. The van der Waals surface area contributed by atoms with Gasteiger partial charge in [-0.05, 0) is 50.5 Å². The molecule has 0 aliphatic rings. The number of rotatable bonds is 7. The Kier molecular flexibility index (Phi) is 5.98. The number of aliphatic hydroxyl groups is 1. The molecule has 130 valence electrons. The monoisotopic (exact) mass is 330 g/mol. The van der Waals surface area contributed by atoms with Crippen LogP contribution in [0.2, 0.25) is 0 Å². The summed E-state index contributed by atoms with van der Waals surface area (Å²) < 4.78 is 0. The minimum atomic E-state index is -0.279. The van der Waals surface area contributed by atoms with Crippen molar-refractivity contribution in [1.82, 2.24) is 15.3 Å². The van der Waals surface area contributed by atoms with E-state index in [1.165, 1.54) is 0 Å². The molecule has 0 saturated heterocycles. The zero-order valence-corrected chi connectivity index (χ0v) is 14.7. The number of pyridine rings is 1. The van der Waals surface area contributed by atoms with Crippen LogP contribution in [0.5, 0.6) is 0 Å². The summed E-state index contributed by atoms with van der Waals surface area (Å²) in [4.78, 5) is 19.5. The van der Waals surface area contributed by atoms with Crippen molar-refractivity contribution in [2.24, 2.45) is 0 Å². The van der Waals surface area contributed by atoms with E-state index in [1.54, 1.807) is 6.92 Å². The van der Waals surface area contributed by atoms with E-state index >= 15 is 0 Å². The topological polar surface area (TPSA) is 90.0 Å². The number of aromatic amines is 1. The van der Waals surface area contributed by atoms with Gasteiger partial charge < -0.3 is 20.7 Å². The molecule has 6 nitrogen and oxygen atoms in total. The maximum atomic E-state index is 12.1. The molecule has 0 bridgehead atoms. The summed E-state index contributed by atoms with van der Waals surface area (Å²) in [6.45, 7) is 7.89. The first-order chi connectivity index (χ1) is 11.4. The van der Waals surface area contributed by atoms with E-state index in [0.29, 0.717) is 11.7 Å². The van der Waals surface area contributed by atoms with Crippen molar-refractivity contribution >= 4 is 11.7 Å². The lowest BCUT2D eigenvalue weighted by atomic mass is 10.0. The van der Waals surface area contributed by atoms with Crippen molar-refractivity contribution in [2.75, 3.05) is 11.9 Å². The van der Waals surface area contributed by atoms with Gasteiger partial charge in [-0.25, -0.2) is 4.98 Å². The van der Waals surface area contributed by atoms with Crippen molar-refractivity contribution in [3.8, 4) is 11.1 Å². The SMILES string of the molecule is CCC(C)Nc1cc(-c2c[nH]c(C(=O)N[C@@H](C)CO)c2)c(C)cn1. The summed E-state index contributed by atoms with van der Waals surface area (Å²) >= 11 is 0. The van der Waals surface area contributed by atoms with E-state index in [9.17, 15) is 4.79 Å². The average molecular weight is 330 g/mol. The second-order valence-electron chi connectivity index (χ2n) is 6.20. The minimum Gasteiger partial charge on any atom is -0.394 e. The molecule has 2 aromatic rings. The fourth-order valence-corrected chi connectivity index (χ4v) is 2.30. The zero-order chi connectivity index (χ0) is 17.7. The number of hydrogen-bond acceptors (Lipinski definition) is 4. The lowest BCUT2D eigenvalue weighted by molar-refractivity contribution is 0.0918. The van der Waals surface area contributed by atoms with Gasteiger partial charge in [-0.3, -0.25) is 4.79 Å². The number of hydrogen-bond donors (Lipinski definition) is 4. The van der Waals surface area contributed by atoms with Crippen LogP contribution in [0.25, 0.3) is 11.1 Å².